The minimum Gasteiger partial charge on any atom is -0.315 e. The molecule has 0 aromatic carbocycles. The average Bonchev–Trinajstić information content (AvgIpc) is 1.95. The molecule has 74 valence electrons. The lowest BCUT2D eigenvalue weighted by Gasteiger charge is -2.08. The molecule has 0 aromatic rings. The summed E-state index contributed by atoms with van der Waals surface area (Å²) >= 11 is 2.06. The first-order valence-corrected chi connectivity index (χ1v) is 6.02. The Kier molecular flexibility index (Phi) is 8.14. The molecule has 0 unspecified atom stereocenters. The summed E-state index contributed by atoms with van der Waals surface area (Å²) in [6.45, 7) is 10.1. The molecule has 0 bridgehead atoms. The van der Waals surface area contributed by atoms with Crippen molar-refractivity contribution in [1.29, 1.82) is 0 Å². The van der Waals surface area contributed by atoms with Crippen molar-refractivity contribution in [1.82, 2.24) is 5.32 Å². The summed E-state index contributed by atoms with van der Waals surface area (Å²) in [4.78, 5) is 0. The fourth-order valence-corrected chi connectivity index (χ4v) is 1.78. The number of unbranched alkanes of at least 4 members (excludes halogenated alkanes) is 1. The summed E-state index contributed by atoms with van der Waals surface area (Å²) in [5, 5.41) is 4.22. The molecule has 0 aliphatic carbocycles. The summed E-state index contributed by atoms with van der Waals surface area (Å²) < 4.78 is 0. The van der Waals surface area contributed by atoms with E-state index in [2.05, 4.69) is 44.8 Å². The van der Waals surface area contributed by atoms with Crippen LogP contribution in [0.15, 0.2) is 0 Å². The first-order chi connectivity index (χ1) is 5.63. The minimum atomic E-state index is 0.641. The molecule has 0 amide bonds. The van der Waals surface area contributed by atoms with E-state index in [-0.39, 0.29) is 0 Å². The zero-order chi connectivity index (χ0) is 9.40. The lowest BCUT2D eigenvalue weighted by atomic mass is 10.3. The highest BCUT2D eigenvalue weighted by Crippen LogP contribution is 2.10. The van der Waals surface area contributed by atoms with E-state index in [1.54, 1.807) is 0 Å². The van der Waals surface area contributed by atoms with Gasteiger partial charge in [-0.1, -0.05) is 27.7 Å². The second kappa shape index (κ2) is 7.93. The van der Waals surface area contributed by atoms with Crippen molar-refractivity contribution in [2.45, 2.75) is 51.8 Å². The van der Waals surface area contributed by atoms with Crippen LogP contribution in [0, 0.1) is 0 Å². The van der Waals surface area contributed by atoms with Crippen LogP contribution >= 0.6 is 11.8 Å². The lowest BCUT2D eigenvalue weighted by molar-refractivity contribution is 0.567. The van der Waals surface area contributed by atoms with Gasteiger partial charge in [0.1, 0.15) is 0 Å². The van der Waals surface area contributed by atoms with Crippen molar-refractivity contribution in [2.75, 3.05) is 12.3 Å². The summed E-state index contributed by atoms with van der Waals surface area (Å²) in [7, 11) is 0. The molecule has 2 heteroatoms. The molecule has 0 saturated heterocycles. The second-order valence-corrected chi connectivity index (χ2v) is 5.42. The topological polar surface area (TPSA) is 12.0 Å². The first kappa shape index (κ1) is 12.3. The van der Waals surface area contributed by atoms with Gasteiger partial charge in [0.25, 0.3) is 0 Å². The molecule has 0 aliphatic heterocycles. The third-order valence-corrected chi connectivity index (χ3v) is 2.77. The minimum absolute atomic E-state index is 0.641. The van der Waals surface area contributed by atoms with Crippen LogP contribution in [0.5, 0.6) is 0 Å². The normalized spacial score (nSPS) is 11.5. The Bertz CT molecular complexity index is 79.8. The van der Waals surface area contributed by atoms with Crippen LogP contribution in [-0.2, 0) is 0 Å². The van der Waals surface area contributed by atoms with Crippen molar-refractivity contribution in [3.05, 3.63) is 0 Å². The highest BCUT2D eigenvalue weighted by Gasteiger charge is 1.94. The van der Waals surface area contributed by atoms with Gasteiger partial charge >= 0.3 is 0 Å². The SMILES string of the molecule is CC(C)NCCCCSC(C)C. The monoisotopic (exact) mass is 189 g/mol. The van der Waals surface area contributed by atoms with E-state index in [0.717, 1.165) is 5.25 Å². The second-order valence-electron chi connectivity index (χ2n) is 3.74. The van der Waals surface area contributed by atoms with E-state index in [4.69, 9.17) is 0 Å². The molecule has 0 rings (SSSR count). The van der Waals surface area contributed by atoms with Crippen molar-refractivity contribution >= 4 is 11.8 Å². The van der Waals surface area contributed by atoms with Gasteiger partial charge in [-0.15, -0.1) is 0 Å². The molecule has 1 nitrogen and oxygen atoms in total. The highest BCUT2D eigenvalue weighted by molar-refractivity contribution is 7.99. The standard InChI is InChI=1S/C10H23NS/c1-9(2)11-7-5-6-8-12-10(3)4/h9-11H,5-8H2,1-4H3. The molecule has 0 spiro atoms. The van der Waals surface area contributed by atoms with Crippen LogP contribution in [0.3, 0.4) is 0 Å². The Morgan fingerprint density at radius 3 is 2.25 bits per heavy atom. The summed E-state index contributed by atoms with van der Waals surface area (Å²) in [6.07, 6.45) is 2.67. The van der Waals surface area contributed by atoms with Gasteiger partial charge in [-0.05, 0) is 30.4 Å². The van der Waals surface area contributed by atoms with Crippen LogP contribution in [0.2, 0.25) is 0 Å². The van der Waals surface area contributed by atoms with Crippen LogP contribution < -0.4 is 5.32 Å². The largest absolute Gasteiger partial charge is 0.315 e. The zero-order valence-electron chi connectivity index (χ0n) is 8.89. The first-order valence-electron chi connectivity index (χ1n) is 4.98. The van der Waals surface area contributed by atoms with Gasteiger partial charge in [0.05, 0.1) is 0 Å². The Labute approximate surface area is 81.7 Å². The Balaban J connectivity index is 2.91. The van der Waals surface area contributed by atoms with Gasteiger partial charge in [0.15, 0.2) is 0 Å². The summed E-state index contributed by atoms with van der Waals surface area (Å²) in [6, 6.07) is 0.641. The Hall–Kier alpha value is 0.310. The maximum Gasteiger partial charge on any atom is 0.00103 e. The van der Waals surface area contributed by atoms with E-state index in [1.165, 1.54) is 25.1 Å². The van der Waals surface area contributed by atoms with Gasteiger partial charge in [-0.2, -0.15) is 11.8 Å². The maximum atomic E-state index is 3.42. The number of rotatable bonds is 7. The predicted molar refractivity (Wildman–Crippen MR) is 60.0 cm³/mol. The molecule has 0 saturated carbocycles. The quantitative estimate of drug-likeness (QED) is 0.618. The van der Waals surface area contributed by atoms with E-state index < -0.39 is 0 Å². The molecular weight excluding hydrogens is 166 g/mol. The maximum absolute atomic E-state index is 3.42. The molecule has 0 heterocycles. The fourth-order valence-electron chi connectivity index (χ4n) is 0.937. The predicted octanol–water partition coefficient (Wildman–Crippen LogP) is 2.91. The van der Waals surface area contributed by atoms with Gasteiger partial charge in [0, 0.05) is 6.04 Å². The Morgan fingerprint density at radius 1 is 1.08 bits per heavy atom. The highest BCUT2D eigenvalue weighted by atomic mass is 32.2. The number of hydrogen-bond acceptors (Lipinski definition) is 2. The van der Waals surface area contributed by atoms with Crippen LogP contribution in [0.4, 0.5) is 0 Å². The molecule has 0 aliphatic rings. The van der Waals surface area contributed by atoms with Crippen LogP contribution in [0.25, 0.3) is 0 Å². The van der Waals surface area contributed by atoms with E-state index in [0.29, 0.717) is 6.04 Å². The number of thioether (sulfide) groups is 1. The van der Waals surface area contributed by atoms with E-state index in [1.807, 2.05) is 0 Å². The lowest BCUT2D eigenvalue weighted by Crippen LogP contribution is -2.23. The molecule has 1 N–H and O–H groups in total. The zero-order valence-corrected chi connectivity index (χ0v) is 9.71. The van der Waals surface area contributed by atoms with Crippen molar-refractivity contribution in [3.63, 3.8) is 0 Å². The molecule has 0 atom stereocenters. The van der Waals surface area contributed by atoms with Gasteiger partial charge in [-0.25, -0.2) is 0 Å². The number of hydrogen-bond donors (Lipinski definition) is 1. The molecule has 0 fully saturated rings. The molecule has 12 heavy (non-hydrogen) atoms. The Morgan fingerprint density at radius 2 is 1.75 bits per heavy atom. The summed E-state index contributed by atoms with van der Waals surface area (Å²) in [5.74, 6) is 1.32. The third-order valence-electron chi connectivity index (χ3n) is 1.57. The van der Waals surface area contributed by atoms with Gasteiger partial charge in [-0.3, -0.25) is 0 Å². The van der Waals surface area contributed by atoms with Crippen LogP contribution in [0.1, 0.15) is 40.5 Å². The van der Waals surface area contributed by atoms with Gasteiger partial charge in [0.2, 0.25) is 0 Å². The van der Waals surface area contributed by atoms with E-state index in [9.17, 15) is 0 Å². The number of nitrogens with one attached hydrogen (secondary N) is 1. The fraction of sp³-hybridized carbons (Fsp3) is 1.00. The smallest absolute Gasteiger partial charge is 0.00103 e. The average molecular weight is 189 g/mol. The van der Waals surface area contributed by atoms with Gasteiger partial charge < -0.3 is 5.32 Å². The van der Waals surface area contributed by atoms with Crippen molar-refractivity contribution in [3.8, 4) is 0 Å². The van der Waals surface area contributed by atoms with Crippen LogP contribution in [-0.4, -0.2) is 23.6 Å². The van der Waals surface area contributed by atoms with Crippen molar-refractivity contribution < 1.29 is 0 Å². The molecule has 0 aromatic heterocycles. The molecular formula is C10H23NS. The molecule has 0 radical (unpaired) electrons. The van der Waals surface area contributed by atoms with E-state index >= 15 is 0 Å². The summed E-state index contributed by atoms with van der Waals surface area (Å²) in [5.41, 5.74) is 0. The third kappa shape index (κ3) is 10.3. The van der Waals surface area contributed by atoms with Crippen molar-refractivity contribution in [2.24, 2.45) is 0 Å².